The lowest BCUT2D eigenvalue weighted by Gasteiger charge is -2.38. The summed E-state index contributed by atoms with van der Waals surface area (Å²) in [5.74, 6) is 1.65. The number of ether oxygens (including phenoxy) is 2. The maximum atomic E-state index is 12.1. The number of guanidine groups is 1. The molecule has 0 amide bonds. The van der Waals surface area contributed by atoms with Crippen molar-refractivity contribution in [2.24, 2.45) is 4.99 Å². The van der Waals surface area contributed by atoms with Gasteiger partial charge in [-0.15, -0.1) is 24.0 Å². The van der Waals surface area contributed by atoms with E-state index in [1.54, 1.807) is 7.11 Å². The molecule has 10 heteroatoms. The van der Waals surface area contributed by atoms with Crippen LogP contribution in [0.3, 0.4) is 0 Å². The monoisotopic (exact) mass is 530 g/mol. The predicted molar refractivity (Wildman–Crippen MR) is 120 cm³/mol. The number of methoxy groups -OCH3 is 1. The van der Waals surface area contributed by atoms with E-state index < -0.39 is 12.8 Å². The minimum atomic E-state index is -4.28. The zero-order valence-electron chi connectivity index (χ0n) is 16.9. The molecule has 0 atom stereocenters. The molecule has 0 bridgehead atoms. The van der Waals surface area contributed by atoms with Crippen LogP contribution in [0.5, 0.6) is 5.75 Å². The molecular weight excluding hydrogens is 500 g/mol. The van der Waals surface area contributed by atoms with Crippen LogP contribution in [-0.2, 0) is 4.74 Å². The standard InChI is InChI=1S/C19H29F3N4O2.HI/c1-3-23-18(24-9-6-14-28-15-19(20,21)22)26-12-10-25(11-13-26)16-7-4-5-8-17(16)27-2;/h4-5,7-8H,3,6,9-15H2,1-2H3,(H,23,24);1H. The highest BCUT2D eigenvalue weighted by molar-refractivity contribution is 14.0. The molecule has 29 heavy (non-hydrogen) atoms. The maximum Gasteiger partial charge on any atom is 0.411 e. The summed E-state index contributed by atoms with van der Waals surface area (Å²) in [4.78, 5) is 8.98. The predicted octanol–water partition coefficient (Wildman–Crippen LogP) is 3.37. The number of para-hydroxylation sites is 2. The fourth-order valence-electron chi connectivity index (χ4n) is 3.02. The van der Waals surface area contributed by atoms with E-state index in [1.165, 1.54) is 0 Å². The Morgan fingerprint density at radius 3 is 2.48 bits per heavy atom. The van der Waals surface area contributed by atoms with Crippen LogP contribution in [0, 0.1) is 0 Å². The van der Waals surface area contributed by atoms with Crippen LogP contribution in [-0.4, -0.2) is 76.6 Å². The summed E-state index contributed by atoms with van der Waals surface area (Å²) in [6.45, 7) is 5.25. The Bertz CT molecular complexity index is 624. The molecule has 1 aromatic carbocycles. The molecule has 1 aliphatic heterocycles. The molecule has 0 aromatic heterocycles. The molecule has 0 saturated carbocycles. The zero-order valence-corrected chi connectivity index (χ0v) is 19.2. The molecule has 0 radical (unpaired) electrons. The second-order valence-electron chi connectivity index (χ2n) is 6.40. The van der Waals surface area contributed by atoms with Crippen molar-refractivity contribution >= 4 is 35.6 Å². The topological polar surface area (TPSA) is 49.3 Å². The van der Waals surface area contributed by atoms with Gasteiger partial charge in [-0.1, -0.05) is 12.1 Å². The Hall–Kier alpha value is -1.43. The molecule has 1 N–H and O–H groups in total. The SMILES string of the molecule is CCNC(=NCCCOCC(F)(F)F)N1CCN(c2ccccc2OC)CC1.I. The first-order valence-electron chi connectivity index (χ1n) is 9.50. The van der Waals surface area contributed by atoms with Gasteiger partial charge in [-0.3, -0.25) is 4.99 Å². The van der Waals surface area contributed by atoms with Crippen molar-refractivity contribution in [1.29, 1.82) is 0 Å². The normalized spacial score (nSPS) is 15.1. The molecule has 6 nitrogen and oxygen atoms in total. The van der Waals surface area contributed by atoms with Gasteiger partial charge >= 0.3 is 6.18 Å². The number of hydrogen-bond donors (Lipinski definition) is 1. The van der Waals surface area contributed by atoms with E-state index in [1.807, 2.05) is 25.1 Å². The van der Waals surface area contributed by atoms with Crippen LogP contribution < -0.4 is 15.0 Å². The highest BCUT2D eigenvalue weighted by Crippen LogP contribution is 2.28. The average molecular weight is 530 g/mol. The fourth-order valence-corrected chi connectivity index (χ4v) is 3.02. The van der Waals surface area contributed by atoms with Gasteiger partial charge in [0.25, 0.3) is 0 Å². The van der Waals surface area contributed by atoms with Gasteiger partial charge in [0.05, 0.1) is 12.8 Å². The lowest BCUT2D eigenvalue weighted by molar-refractivity contribution is -0.173. The molecule has 2 rings (SSSR count). The molecule has 1 fully saturated rings. The minimum absolute atomic E-state index is 0. The Morgan fingerprint density at radius 2 is 1.86 bits per heavy atom. The van der Waals surface area contributed by atoms with Crippen molar-refractivity contribution in [3.8, 4) is 5.75 Å². The van der Waals surface area contributed by atoms with Gasteiger partial charge in [-0.05, 0) is 25.5 Å². The van der Waals surface area contributed by atoms with Crippen molar-refractivity contribution in [2.75, 3.05) is 64.5 Å². The van der Waals surface area contributed by atoms with Gasteiger partial charge in [0.15, 0.2) is 5.96 Å². The quantitative estimate of drug-likeness (QED) is 0.242. The smallest absolute Gasteiger partial charge is 0.411 e. The second-order valence-corrected chi connectivity index (χ2v) is 6.40. The number of benzene rings is 1. The van der Waals surface area contributed by atoms with Crippen LogP contribution >= 0.6 is 24.0 Å². The van der Waals surface area contributed by atoms with Gasteiger partial charge in [0.1, 0.15) is 12.4 Å². The van der Waals surface area contributed by atoms with Crippen LogP contribution in [0.4, 0.5) is 18.9 Å². The summed E-state index contributed by atoms with van der Waals surface area (Å²) in [7, 11) is 1.67. The highest BCUT2D eigenvalue weighted by Gasteiger charge is 2.27. The molecule has 1 aliphatic rings. The van der Waals surface area contributed by atoms with Crippen molar-refractivity contribution in [3.63, 3.8) is 0 Å². The molecule has 166 valence electrons. The summed E-state index contributed by atoms with van der Waals surface area (Å²) < 4.78 is 46.2. The first kappa shape index (κ1) is 25.6. The number of rotatable bonds is 8. The van der Waals surface area contributed by atoms with E-state index in [4.69, 9.17) is 4.74 Å². The number of alkyl halides is 3. The Morgan fingerprint density at radius 1 is 1.17 bits per heavy atom. The first-order chi connectivity index (χ1) is 13.4. The number of nitrogens with zero attached hydrogens (tertiary/aromatic N) is 3. The average Bonchev–Trinajstić information content (AvgIpc) is 2.69. The lowest BCUT2D eigenvalue weighted by atomic mass is 10.2. The van der Waals surface area contributed by atoms with Crippen molar-refractivity contribution in [1.82, 2.24) is 10.2 Å². The summed E-state index contributed by atoms with van der Waals surface area (Å²) in [6, 6.07) is 7.95. The van der Waals surface area contributed by atoms with Crippen molar-refractivity contribution < 1.29 is 22.6 Å². The van der Waals surface area contributed by atoms with Crippen LogP contribution in [0.2, 0.25) is 0 Å². The third kappa shape index (κ3) is 8.85. The van der Waals surface area contributed by atoms with E-state index >= 15 is 0 Å². The summed E-state index contributed by atoms with van der Waals surface area (Å²) in [5, 5.41) is 3.26. The van der Waals surface area contributed by atoms with Gasteiger partial charge in [-0.2, -0.15) is 13.2 Å². The number of piperazine rings is 1. The van der Waals surface area contributed by atoms with Crippen LogP contribution in [0.15, 0.2) is 29.3 Å². The molecule has 0 aliphatic carbocycles. The molecular formula is C19H30F3IN4O2. The summed E-state index contributed by atoms with van der Waals surface area (Å²) in [5.41, 5.74) is 1.08. The fraction of sp³-hybridized carbons (Fsp3) is 0.632. The second kappa shape index (κ2) is 13.0. The van der Waals surface area contributed by atoms with Gasteiger partial charge in [0, 0.05) is 45.9 Å². The third-order valence-electron chi connectivity index (χ3n) is 4.31. The Labute approximate surface area is 187 Å². The summed E-state index contributed by atoms with van der Waals surface area (Å²) in [6.07, 6.45) is -3.83. The number of anilines is 1. The van der Waals surface area contributed by atoms with Gasteiger partial charge < -0.3 is 24.6 Å². The van der Waals surface area contributed by atoms with Crippen molar-refractivity contribution in [2.45, 2.75) is 19.5 Å². The first-order valence-corrected chi connectivity index (χ1v) is 9.50. The molecule has 1 saturated heterocycles. The number of hydrogen-bond acceptors (Lipinski definition) is 4. The van der Waals surface area contributed by atoms with Crippen molar-refractivity contribution in [3.05, 3.63) is 24.3 Å². The van der Waals surface area contributed by atoms with Crippen LogP contribution in [0.25, 0.3) is 0 Å². The van der Waals surface area contributed by atoms with E-state index in [0.717, 1.165) is 50.1 Å². The Balaban J connectivity index is 0.00000420. The summed E-state index contributed by atoms with van der Waals surface area (Å²) >= 11 is 0. The molecule has 0 spiro atoms. The van der Waals surface area contributed by atoms with Gasteiger partial charge in [0.2, 0.25) is 0 Å². The maximum absolute atomic E-state index is 12.1. The number of nitrogens with one attached hydrogen (secondary N) is 1. The largest absolute Gasteiger partial charge is 0.495 e. The number of aliphatic imine (C=N–C) groups is 1. The van der Waals surface area contributed by atoms with Crippen LogP contribution in [0.1, 0.15) is 13.3 Å². The number of halogens is 4. The van der Waals surface area contributed by atoms with E-state index in [0.29, 0.717) is 13.0 Å². The lowest BCUT2D eigenvalue weighted by Crippen LogP contribution is -2.52. The molecule has 0 unspecified atom stereocenters. The highest BCUT2D eigenvalue weighted by atomic mass is 127. The Kier molecular flexibility index (Phi) is 11.5. The molecule has 1 aromatic rings. The molecule has 1 heterocycles. The van der Waals surface area contributed by atoms with E-state index in [2.05, 4.69) is 30.9 Å². The van der Waals surface area contributed by atoms with Gasteiger partial charge in [-0.25, -0.2) is 0 Å². The minimum Gasteiger partial charge on any atom is -0.495 e. The van der Waals surface area contributed by atoms with E-state index in [9.17, 15) is 13.2 Å². The third-order valence-corrected chi connectivity index (χ3v) is 4.31. The zero-order chi connectivity index (χ0) is 20.4. The van der Waals surface area contributed by atoms with E-state index in [-0.39, 0.29) is 30.6 Å².